The molecule has 1 aliphatic heterocycles. The lowest BCUT2D eigenvalue weighted by Crippen LogP contribution is -2.22. The van der Waals surface area contributed by atoms with Gasteiger partial charge in [-0.3, -0.25) is 4.79 Å². The van der Waals surface area contributed by atoms with E-state index in [2.05, 4.69) is 4.74 Å². The average Bonchev–Trinajstić information content (AvgIpc) is 2.61. The molecule has 7 heteroatoms. The topological polar surface area (TPSA) is 77.5 Å². The number of carbonyl (C=O) groups excluding carboxylic acids is 2. The van der Waals surface area contributed by atoms with Crippen LogP contribution in [0.15, 0.2) is 28.0 Å². The van der Waals surface area contributed by atoms with Crippen LogP contribution in [-0.2, 0) is 24.2 Å². The molecule has 2 rings (SSSR count). The van der Waals surface area contributed by atoms with Crippen LogP contribution in [0.3, 0.4) is 0 Å². The van der Waals surface area contributed by atoms with Crippen LogP contribution in [0, 0.1) is 5.82 Å². The summed E-state index contributed by atoms with van der Waals surface area (Å²) in [5.74, 6) is -3.23. The average molecular weight is 284 g/mol. The molecule has 100 valence electrons. The molecule has 19 heavy (non-hydrogen) atoms. The van der Waals surface area contributed by atoms with Crippen LogP contribution in [0.25, 0.3) is 6.08 Å². The molecule has 0 fully saturated rings. The summed E-state index contributed by atoms with van der Waals surface area (Å²) >= 11 is 0. The summed E-state index contributed by atoms with van der Waals surface area (Å²) in [6, 6.07) is 3.11. The molecular formula is C12H9FO5S. The fourth-order valence-corrected chi connectivity index (χ4v) is 3.23. The Morgan fingerprint density at radius 1 is 1.32 bits per heavy atom. The molecule has 0 saturated heterocycles. The molecule has 0 aromatic heterocycles. The normalized spacial score (nSPS) is 15.6. The van der Waals surface area contributed by atoms with Crippen LogP contribution < -0.4 is 0 Å². The summed E-state index contributed by atoms with van der Waals surface area (Å²) in [6.45, 7) is 1.45. The molecule has 0 radical (unpaired) electrons. The SMILES string of the molecule is CCOC(=O)C(=O)C1=Cc2ccc(F)cc2S1(=O)=O. The minimum Gasteiger partial charge on any atom is -0.460 e. The number of ether oxygens (including phenoxy) is 1. The number of halogens is 1. The molecule has 0 amide bonds. The van der Waals surface area contributed by atoms with E-state index in [-0.39, 0.29) is 17.1 Å². The van der Waals surface area contributed by atoms with Crippen molar-refractivity contribution in [1.82, 2.24) is 0 Å². The summed E-state index contributed by atoms with van der Waals surface area (Å²) in [7, 11) is -4.16. The van der Waals surface area contributed by atoms with E-state index in [1.165, 1.54) is 13.0 Å². The minimum absolute atomic E-state index is 0.0422. The highest BCUT2D eigenvalue weighted by Gasteiger charge is 2.37. The molecule has 0 aliphatic carbocycles. The van der Waals surface area contributed by atoms with Gasteiger partial charge in [0.15, 0.2) is 0 Å². The highest BCUT2D eigenvalue weighted by molar-refractivity contribution is 7.97. The van der Waals surface area contributed by atoms with E-state index in [0.717, 1.165) is 18.2 Å². The Kier molecular flexibility index (Phi) is 3.23. The van der Waals surface area contributed by atoms with E-state index < -0.39 is 32.3 Å². The first-order chi connectivity index (χ1) is 8.87. The molecule has 1 heterocycles. The van der Waals surface area contributed by atoms with Crippen LogP contribution in [0.2, 0.25) is 0 Å². The molecule has 5 nitrogen and oxygen atoms in total. The Morgan fingerprint density at radius 3 is 2.63 bits per heavy atom. The summed E-state index contributed by atoms with van der Waals surface area (Å²) in [6.07, 6.45) is 1.04. The molecule has 0 bridgehead atoms. The van der Waals surface area contributed by atoms with Gasteiger partial charge in [0.1, 0.15) is 10.7 Å². The maximum atomic E-state index is 13.0. The van der Waals surface area contributed by atoms with Crippen molar-refractivity contribution in [2.75, 3.05) is 6.61 Å². The van der Waals surface area contributed by atoms with Crippen molar-refractivity contribution in [3.8, 4) is 0 Å². The van der Waals surface area contributed by atoms with Gasteiger partial charge in [0.2, 0.25) is 9.84 Å². The molecule has 0 spiro atoms. The number of Topliss-reactive ketones (excluding diaryl/α,β-unsaturated/α-hetero) is 1. The summed E-state index contributed by atoms with van der Waals surface area (Å²) in [5.41, 5.74) is 0.175. The predicted octanol–water partition coefficient (Wildman–Crippen LogP) is 1.09. The van der Waals surface area contributed by atoms with E-state index in [1.54, 1.807) is 0 Å². The summed E-state index contributed by atoms with van der Waals surface area (Å²) in [5, 5.41) is 0. The number of fused-ring (bicyclic) bond motifs is 1. The third-order valence-corrected chi connectivity index (χ3v) is 4.34. The lowest BCUT2D eigenvalue weighted by atomic mass is 10.2. The highest BCUT2D eigenvalue weighted by Crippen LogP contribution is 2.33. The Labute approximate surface area is 108 Å². The van der Waals surface area contributed by atoms with Crippen LogP contribution in [0.5, 0.6) is 0 Å². The maximum absolute atomic E-state index is 13.0. The molecule has 0 unspecified atom stereocenters. The maximum Gasteiger partial charge on any atom is 0.380 e. The predicted molar refractivity (Wildman–Crippen MR) is 63.2 cm³/mol. The zero-order valence-corrected chi connectivity index (χ0v) is 10.7. The van der Waals surface area contributed by atoms with Gasteiger partial charge in [-0.05, 0) is 30.7 Å². The zero-order valence-electron chi connectivity index (χ0n) is 9.84. The molecule has 0 atom stereocenters. The molecular weight excluding hydrogens is 275 g/mol. The van der Waals surface area contributed by atoms with Crippen molar-refractivity contribution >= 4 is 27.7 Å². The van der Waals surface area contributed by atoms with Gasteiger partial charge in [-0.2, -0.15) is 0 Å². The molecule has 1 aliphatic rings. The fraction of sp³-hybridized carbons (Fsp3) is 0.167. The lowest BCUT2D eigenvalue weighted by Gasteiger charge is -2.02. The van der Waals surface area contributed by atoms with Crippen molar-refractivity contribution in [2.24, 2.45) is 0 Å². The monoisotopic (exact) mass is 284 g/mol. The number of hydrogen-bond donors (Lipinski definition) is 0. The number of hydrogen-bond acceptors (Lipinski definition) is 5. The van der Waals surface area contributed by atoms with E-state index in [9.17, 15) is 22.4 Å². The fourth-order valence-electron chi connectivity index (χ4n) is 1.68. The van der Waals surface area contributed by atoms with E-state index in [4.69, 9.17) is 0 Å². The van der Waals surface area contributed by atoms with Gasteiger partial charge in [-0.15, -0.1) is 0 Å². The quantitative estimate of drug-likeness (QED) is 0.613. The third kappa shape index (κ3) is 2.17. The largest absolute Gasteiger partial charge is 0.460 e. The first-order valence-electron chi connectivity index (χ1n) is 5.35. The van der Waals surface area contributed by atoms with Crippen LogP contribution in [-0.4, -0.2) is 26.8 Å². The van der Waals surface area contributed by atoms with Crippen molar-refractivity contribution in [3.63, 3.8) is 0 Å². The minimum atomic E-state index is -4.16. The summed E-state index contributed by atoms with van der Waals surface area (Å²) < 4.78 is 41.6. The first kappa shape index (κ1) is 13.4. The lowest BCUT2D eigenvalue weighted by molar-refractivity contribution is -0.151. The number of rotatable bonds is 3. The smallest absolute Gasteiger partial charge is 0.380 e. The van der Waals surface area contributed by atoms with Crippen molar-refractivity contribution in [3.05, 3.63) is 34.5 Å². The number of carbonyl (C=O) groups is 2. The van der Waals surface area contributed by atoms with Gasteiger partial charge >= 0.3 is 5.97 Å². The standard InChI is InChI=1S/C12H9FO5S/c1-2-18-12(15)11(14)10-5-7-3-4-8(13)6-9(7)19(10,16)17/h3-6H,2H2,1H3. The number of sulfone groups is 1. The van der Waals surface area contributed by atoms with E-state index in [0.29, 0.717) is 0 Å². The number of esters is 1. The van der Waals surface area contributed by atoms with Gasteiger partial charge in [0.05, 0.1) is 11.5 Å². The van der Waals surface area contributed by atoms with E-state index >= 15 is 0 Å². The first-order valence-corrected chi connectivity index (χ1v) is 6.84. The van der Waals surface area contributed by atoms with Gasteiger partial charge in [-0.1, -0.05) is 6.07 Å². The third-order valence-electron chi connectivity index (χ3n) is 2.53. The van der Waals surface area contributed by atoms with Crippen LogP contribution >= 0.6 is 0 Å². The second kappa shape index (κ2) is 4.58. The number of ketones is 1. The highest BCUT2D eigenvalue weighted by atomic mass is 32.2. The van der Waals surface area contributed by atoms with Crippen molar-refractivity contribution < 1.29 is 27.1 Å². The summed E-state index contributed by atoms with van der Waals surface area (Å²) in [4.78, 5) is 22.0. The molecule has 1 aromatic carbocycles. The van der Waals surface area contributed by atoms with Gasteiger partial charge in [0.25, 0.3) is 5.78 Å². The van der Waals surface area contributed by atoms with Gasteiger partial charge < -0.3 is 4.74 Å². The zero-order chi connectivity index (χ0) is 14.2. The van der Waals surface area contributed by atoms with Crippen LogP contribution in [0.4, 0.5) is 4.39 Å². The molecule has 0 N–H and O–H groups in total. The van der Waals surface area contributed by atoms with Gasteiger partial charge in [-0.25, -0.2) is 17.6 Å². The Morgan fingerprint density at radius 2 is 2.00 bits per heavy atom. The Balaban J connectivity index is 2.47. The van der Waals surface area contributed by atoms with Gasteiger partial charge in [0, 0.05) is 0 Å². The second-order valence-corrected chi connectivity index (χ2v) is 5.63. The Hall–Kier alpha value is -2.02. The number of benzene rings is 1. The Bertz CT molecular complexity index is 703. The van der Waals surface area contributed by atoms with E-state index in [1.807, 2.05) is 0 Å². The van der Waals surface area contributed by atoms with Crippen LogP contribution in [0.1, 0.15) is 12.5 Å². The second-order valence-electron chi connectivity index (χ2n) is 3.74. The van der Waals surface area contributed by atoms with Crippen molar-refractivity contribution in [1.29, 1.82) is 0 Å². The molecule has 0 saturated carbocycles. The van der Waals surface area contributed by atoms with Crippen molar-refractivity contribution in [2.45, 2.75) is 11.8 Å². The molecule has 1 aromatic rings.